The molecule has 7 nitrogen and oxygen atoms in total. The Balaban J connectivity index is 0.00000272. The molecule has 8 heteroatoms. The fourth-order valence-corrected chi connectivity index (χ4v) is 3.40. The summed E-state index contributed by atoms with van der Waals surface area (Å²) < 4.78 is 23.9. The highest BCUT2D eigenvalue weighted by atomic mass is 35.5. The minimum atomic E-state index is 0. The molecule has 1 saturated heterocycles. The van der Waals surface area contributed by atoms with Gasteiger partial charge in [0.2, 0.25) is 5.88 Å². The number of rotatable bonds is 8. The minimum Gasteiger partial charge on any atom is -0.497 e. The van der Waals surface area contributed by atoms with Crippen molar-refractivity contribution in [3.05, 3.63) is 54.7 Å². The summed E-state index contributed by atoms with van der Waals surface area (Å²) >= 11 is 0. The quantitative estimate of drug-likeness (QED) is 0.527. The van der Waals surface area contributed by atoms with Gasteiger partial charge in [0.25, 0.3) is 0 Å². The monoisotopic (exact) mass is 445 g/mol. The molecule has 0 aliphatic carbocycles. The van der Waals surface area contributed by atoms with E-state index in [4.69, 9.17) is 24.0 Å². The van der Waals surface area contributed by atoms with Crippen molar-refractivity contribution in [3.63, 3.8) is 0 Å². The average Bonchev–Trinajstić information content (AvgIpc) is 3.24. The van der Waals surface area contributed by atoms with Gasteiger partial charge in [0.1, 0.15) is 18.1 Å². The highest BCUT2D eigenvalue weighted by Crippen LogP contribution is 2.31. The zero-order valence-corrected chi connectivity index (χ0v) is 18.6. The van der Waals surface area contributed by atoms with Crippen LogP contribution >= 0.6 is 12.4 Å². The normalized spacial score (nSPS) is 14.0. The Labute approximate surface area is 188 Å². The zero-order valence-electron chi connectivity index (χ0n) is 17.8. The van der Waals surface area contributed by atoms with Crippen molar-refractivity contribution in [2.24, 2.45) is 0 Å². The Hall–Kier alpha value is -2.74. The highest BCUT2D eigenvalue weighted by molar-refractivity contribution is 5.85. The third-order valence-corrected chi connectivity index (χ3v) is 5.17. The van der Waals surface area contributed by atoms with Crippen LogP contribution in [0.3, 0.4) is 0 Å². The molecule has 0 saturated carbocycles. The van der Waals surface area contributed by atoms with Crippen molar-refractivity contribution in [2.75, 3.05) is 53.7 Å². The van der Waals surface area contributed by atoms with Crippen LogP contribution in [-0.2, 0) is 4.74 Å². The van der Waals surface area contributed by atoms with Gasteiger partial charge >= 0.3 is 0 Å². The molecule has 1 aliphatic rings. The van der Waals surface area contributed by atoms with Crippen molar-refractivity contribution in [1.29, 1.82) is 0 Å². The van der Waals surface area contributed by atoms with E-state index in [-0.39, 0.29) is 12.4 Å². The summed E-state index contributed by atoms with van der Waals surface area (Å²) in [6.07, 6.45) is 1.99. The van der Waals surface area contributed by atoms with Crippen molar-refractivity contribution in [1.82, 2.24) is 14.7 Å². The largest absolute Gasteiger partial charge is 0.497 e. The maximum atomic E-state index is 6.13. The standard InChI is InChI=1S/C23H27N3O4.ClH/c1-27-20-7-3-18(4-8-20)22-17-26(19-5-9-21(28-2)10-6-19)24-23(22)30-16-13-25-11-14-29-15-12-25;/h3-10,17H,11-16H2,1-2H3;1H. The van der Waals surface area contributed by atoms with Crippen LogP contribution in [0.1, 0.15) is 0 Å². The van der Waals surface area contributed by atoms with Crippen LogP contribution in [0.15, 0.2) is 54.7 Å². The summed E-state index contributed by atoms with van der Waals surface area (Å²) in [6.45, 7) is 4.86. The van der Waals surface area contributed by atoms with Gasteiger partial charge in [-0.3, -0.25) is 4.90 Å². The molecule has 1 aliphatic heterocycles. The molecule has 0 spiro atoms. The van der Waals surface area contributed by atoms with E-state index < -0.39 is 0 Å². The van der Waals surface area contributed by atoms with E-state index in [2.05, 4.69) is 4.90 Å². The molecule has 2 heterocycles. The van der Waals surface area contributed by atoms with E-state index in [1.54, 1.807) is 14.2 Å². The fraction of sp³-hybridized carbons (Fsp3) is 0.348. The molecule has 1 fully saturated rings. The molecule has 31 heavy (non-hydrogen) atoms. The van der Waals surface area contributed by atoms with Crippen LogP contribution in [-0.4, -0.2) is 68.4 Å². The van der Waals surface area contributed by atoms with Crippen LogP contribution < -0.4 is 14.2 Å². The molecule has 0 amide bonds. The van der Waals surface area contributed by atoms with E-state index in [0.717, 1.165) is 61.2 Å². The van der Waals surface area contributed by atoms with Gasteiger partial charge in [-0.25, -0.2) is 4.68 Å². The first kappa shape index (κ1) is 22.9. The maximum absolute atomic E-state index is 6.13. The molecule has 1 aromatic heterocycles. The first-order chi connectivity index (χ1) is 14.8. The lowest BCUT2D eigenvalue weighted by Gasteiger charge is -2.26. The Bertz CT molecular complexity index is 938. The van der Waals surface area contributed by atoms with E-state index in [1.165, 1.54) is 0 Å². The molecular weight excluding hydrogens is 418 g/mol. The summed E-state index contributed by atoms with van der Waals surface area (Å²) in [5.41, 5.74) is 2.90. The second kappa shape index (κ2) is 11.0. The third kappa shape index (κ3) is 5.70. The lowest BCUT2D eigenvalue weighted by Crippen LogP contribution is -2.38. The molecule has 2 aromatic carbocycles. The van der Waals surface area contributed by atoms with Crippen LogP contribution in [0.25, 0.3) is 16.8 Å². The molecule has 0 atom stereocenters. The van der Waals surface area contributed by atoms with E-state index in [1.807, 2.05) is 59.4 Å². The second-order valence-corrected chi connectivity index (χ2v) is 7.02. The predicted molar refractivity (Wildman–Crippen MR) is 122 cm³/mol. The van der Waals surface area contributed by atoms with Gasteiger partial charge in [0, 0.05) is 25.8 Å². The average molecular weight is 446 g/mol. The first-order valence-corrected chi connectivity index (χ1v) is 10.1. The number of ether oxygens (including phenoxy) is 4. The van der Waals surface area contributed by atoms with E-state index in [9.17, 15) is 0 Å². The number of morpholine rings is 1. The number of methoxy groups -OCH3 is 2. The van der Waals surface area contributed by atoms with Crippen LogP contribution in [0.4, 0.5) is 0 Å². The Kier molecular flexibility index (Phi) is 8.17. The first-order valence-electron chi connectivity index (χ1n) is 10.1. The van der Waals surface area contributed by atoms with E-state index in [0.29, 0.717) is 12.5 Å². The van der Waals surface area contributed by atoms with Gasteiger partial charge < -0.3 is 18.9 Å². The smallest absolute Gasteiger partial charge is 0.241 e. The summed E-state index contributed by atoms with van der Waals surface area (Å²) in [7, 11) is 3.32. The van der Waals surface area contributed by atoms with Crippen molar-refractivity contribution in [2.45, 2.75) is 0 Å². The van der Waals surface area contributed by atoms with Gasteiger partial charge in [-0.2, -0.15) is 0 Å². The summed E-state index contributed by atoms with van der Waals surface area (Å²) in [5.74, 6) is 2.24. The predicted octanol–water partition coefficient (Wildman–Crippen LogP) is 3.69. The zero-order chi connectivity index (χ0) is 20.8. The number of aromatic nitrogens is 2. The molecule has 166 valence electrons. The molecule has 0 bridgehead atoms. The van der Waals surface area contributed by atoms with Crippen molar-refractivity contribution >= 4 is 12.4 Å². The Morgan fingerprint density at radius 1 is 0.903 bits per heavy atom. The molecular formula is C23H28ClN3O4. The van der Waals surface area contributed by atoms with Gasteiger partial charge in [-0.15, -0.1) is 17.5 Å². The van der Waals surface area contributed by atoms with Crippen molar-refractivity contribution < 1.29 is 18.9 Å². The summed E-state index contributed by atoms with van der Waals surface area (Å²) in [5, 5.41) is 4.72. The third-order valence-electron chi connectivity index (χ3n) is 5.17. The molecule has 4 rings (SSSR count). The number of nitrogens with zero attached hydrogens (tertiary/aromatic N) is 3. The van der Waals surface area contributed by atoms with Gasteiger partial charge in [0.15, 0.2) is 0 Å². The lowest BCUT2D eigenvalue weighted by molar-refractivity contribution is 0.0320. The number of hydrogen-bond acceptors (Lipinski definition) is 6. The number of hydrogen-bond donors (Lipinski definition) is 0. The summed E-state index contributed by atoms with van der Waals surface area (Å²) in [6, 6.07) is 15.7. The SMILES string of the molecule is COc1ccc(-c2cn(-c3ccc(OC)cc3)nc2OCCN2CCOCC2)cc1.Cl. The van der Waals surface area contributed by atoms with Crippen LogP contribution in [0, 0.1) is 0 Å². The fourth-order valence-electron chi connectivity index (χ4n) is 3.40. The second-order valence-electron chi connectivity index (χ2n) is 7.02. The Morgan fingerprint density at radius 2 is 1.52 bits per heavy atom. The van der Waals surface area contributed by atoms with Gasteiger partial charge in [0.05, 0.1) is 38.7 Å². The van der Waals surface area contributed by atoms with Crippen molar-refractivity contribution in [3.8, 4) is 34.2 Å². The van der Waals surface area contributed by atoms with Crippen LogP contribution in [0.2, 0.25) is 0 Å². The molecule has 0 radical (unpaired) electrons. The van der Waals surface area contributed by atoms with Gasteiger partial charge in [-0.05, 0) is 42.0 Å². The maximum Gasteiger partial charge on any atom is 0.241 e. The highest BCUT2D eigenvalue weighted by Gasteiger charge is 2.16. The summed E-state index contributed by atoms with van der Waals surface area (Å²) in [4.78, 5) is 2.34. The molecule has 3 aromatic rings. The van der Waals surface area contributed by atoms with Gasteiger partial charge in [-0.1, -0.05) is 12.1 Å². The van der Waals surface area contributed by atoms with Crippen LogP contribution in [0.5, 0.6) is 17.4 Å². The molecule has 0 unspecified atom stereocenters. The lowest BCUT2D eigenvalue weighted by atomic mass is 10.1. The topological polar surface area (TPSA) is 58.0 Å². The number of benzene rings is 2. The van der Waals surface area contributed by atoms with E-state index >= 15 is 0 Å². The minimum absolute atomic E-state index is 0. The number of halogens is 1. The Morgan fingerprint density at radius 3 is 2.13 bits per heavy atom. The molecule has 0 N–H and O–H groups in total.